The number of nitrogens with one attached hydrogen (secondary N) is 1. The third kappa shape index (κ3) is 4.62. The fraction of sp³-hybridized carbons (Fsp3) is 0.409. The second-order valence-electron chi connectivity index (χ2n) is 7.40. The fourth-order valence-corrected chi connectivity index (χ4v) is 5.17. The number of amides is 1. The van der Waals surface area contributed by atoms with E-state index in [0.717, 1.165) is 12.0 Å². The topological polar surface area (TPSA) is 66.5 Å². The minimum Gasteiger partial charge on any atom is -0.349 e. The molecule has 1 amide bonds. The van der Waals surface area contributed by atoms with Crippen molar-refractivity contribution in [3.8, 4) is 0 Å². The molecule has 0 aliphatic carbocycles. The average Bonchev–Trinajstić information content (AvgIpc) is 2.73. The van der Waals surface area contributed by atoms with Gasteiger partial charge >= 0.3 is 0 Å². The van der Waals surface area contributed by atoms with Gasteiger partial charge < -0.3 is 5.32 Å². The lowest BCUT2D eigenvalue weighted by atomic mass is 9.97. The summed E-state index contributed by atoms with van der Waals surface area (Å²) in [4.78, 5) is 13.2. The van der Waals surface area contributed by atoms with Gasteiger partial charge in [0.25, 0.3) is 0 Å². The number of hydrogen-bond donors (Lipinski definition) is 1. The molecule has 5 nitrogen and oxygen atoms in total. The Balaban J connectivity index is 1.69. The second-order valence-corrected chi connectivity index (χ2v) is 9.33. The summed E-state index contributed by atoms with van der Waals surface area (Å²) >= 11 is 0. The highest BCUT2D eigenvalue weighted by Gasteiger charge is 2.33. The van der Waals surface area contributed by atoms with Crippen molar-refractivity contribution in [3.05, 3.63) is 65.7 Å². The quantitative estimate of drug-likeness (QED) is 0.805. The number of carbonyl (C=O) groups excluding carboxylic acids is 1. The van der Waals surface area contributed by atoms with Crippen molar-refractivity contribution in [2.75, 3.05) is 13.1 Å². The summed E-state index contributed by atoms with van der Waals surface area (Å²) in [6, 6.07) is 16.5. The van der Waals surface area contributed by atoms with Crippen LogP contribution in [0.5, 0.6) is 0 Å². The maximum absolute atomic E-state index is 12.9. The molecule has 28 heavy (non-hydrogen) atoms. The third-order valence-corrected chi connectivity index (χ3v) is 7.22. The van der Waals surface area contributed by atoms with E-state index in [-0.39, 0.29) is 29.3 Å². The molecular formula is C22H28N2O3S. The number of sulfonamides is 1. The minimum atomic E-state index is -3.57. The number of piperidine rings is 1. The Morgan fingerprint density at radius 2 is 1.82 bits per heavy atom. The predicted octanol–water partition coefficient (Wildman–Crippen LogP) is 3.66. The van der Waals surface area contributed by atoms with Gasteiger partial charge in [-0.25, -0.2) is 8.42 Å². The van der Waals surface area contributed by atoms with E-state index >= 15 is 0 Å². The van der Waals surface area contributed by atoms with E-state index < -0.39 is 10.0 Å². The molecule has 6 heteroatoms. The molecule has 1 saturated heterocycles. The highest BCUT2D eigenvalue weighted by Crippen LogP contribution is 2.25. The van der Waals surface area contributed by atoms with E-state index in [1.807, 2.05) is 38.1 Å². The van der Waals surface area contributed by atoms with Crippen LogP contribution in [0.15, 0.2) is 59.5 Å². The number of benzene rings is 2. The number of rotatable bonds is 6. The van der Waals surface area contributed by atoms with Gasteiger partial charge in [0, 0.05) is 13.1 Å². The summed E-state index contributed by atoms with van der Waals surface area (Å²) in [5.74, 6) is -0.396. The van der Waals surface area contributed by atoms with Crippen molar-refractivity contribution in [1.29, 1.82) is 0 Å². The van der Waals surface area contributed by atoms with Crippen LogP contribution in [0.25, 0.3) is 0 Å². The zero-order chi connectivity index (χ0) is 20.1. The van der Waals surface area contributed by atoms with Crippen molar-refractivity contribution in [2.45, 2.75) is 44.0 Å². The van der Waals surface area contributed by atoms with Crippen LogP contribution < -0.4 is 5.32 Å². The normalized spacial score (nSPS) is 19.1. The first-order valence-corrected chi connectivity index (χ1v) is 11.3. The van der Waals surface area contributed by atoms with Crippen molar-refractivity contribution < 1.29 is 13.2 Å². The molecule has 150 valence electrons. The third-order valence-electron chi connectivity index (χ3n) is 5.34. The van der Waals surface area contributed by atoms with E-state index in [1.54, 1.807) is 30.3 Å². The molecular weight excluding hydrogens is 372 g/mol. The van der Waals surface area contributed by atoms with Gasteiger partial charge in [0.2, 0.25) is 15.9 Å². The Kier molecular flexibility index (Phi) is 6.52. The van der Waals surface area contributed by atoms with Gasteiger partial charge in [-0.3, -0.25) is 4.79 Å². The van der Waals surface area contributed by atoms with Crippen LogP contribution in [0, 0.1) is 12.8 Å². The summed E-state index contributed by atoms with van der Waals surface area (Å²) in [5, 5.41) is 3.12. The van der Waals surface area contributed by atoms with Gasteiger partial charge in [0.1, 0.15) is 0 Å². The van der Waals surface area contributed by atoms with Crippen LogP contribution in [0.1, 0.15) is 43.4 Å². The van der Waals surface area contributed by atoms with Gasteiger partial charge in [-0.1, -0.05) is 55.0 Å². The Hall–Kier alpha value is -2.18. The SMILES string of the molecule is CC[C@@H](NC(=O)[C@@H]1CCCN(S(=O)(=O)c2ccccc2)C1)c1ccc(C)cc1. The highest BCUT2D eigenvalue weighted by atomic mass is 32.2. The van der Waals surface area contributed by atoms with E-state index in [2.05, 4.69) is 5.32 Å². The Morgan fingerprint density at radius 1 is 1.14 bits per heavy atom. The molecule has 0 radical (unpaired) electrons. The van der Waals surface area contributed by atoms with Crippen LogP contribution in [0.2, 0.25) is 0 Å². The van der Waals surface area contributed by atoms with Crippen molar-refractivity contribution in [2.24, 2.45) is 5.92 Å². The fourth-order valence-electron chi connectivity index (χ4n) is 3.63. The van der Waals surface area contributed by atoms with Crippen LogP contribution in [-0.4, -0.2) is 31.7 Å². The van der Waals surface area contributed by atoms with Crippen molar-refractivity contribution in [1.82, 2.24) is 9.62 Å². The Morgan fingerprint density at radius 3 is 2.46 bits per heavy atom. The molecule has 0 spiro atoms. The first-order chi connectivity index (χ1) is 13.4. The molecule has 2 aromatic carbocycles. The van der Waals surface area contributed by atoms with Crippen LogP contribution in [-0.2, 0) is 14.8 Å². The largest absolute Gasteiger partial charge is 0.349 e. The maximum atomic E-state index is 12.9. The first kappa shape index (κ1) is 20.6. The number of carbonyl (C=O) groups is 1. The lowest BCUT2D eigenvalue weighted by Gasteiger charge is -2.32. The average molecular weight is 401 g/mol. The second kappa shape index (κ2) is 8.88. The smallest absolute Gasteiger partial charge is 0.243 e. The van der Waals surface area contributed by atoms with E-state index in [1.165, 1.54) is 9.87 Å². The number of aryl methyl sites for hydroxylation is 1. The molecule has 2 atom stereocenters. The summed E-state index contributed by atoms with van der Waals surface area (Å²) in [6.45, 7) is 4.76. The molecule has 3 rings (SSSR count). The summed E-state index contributed by atoms with van der Waals surface area (Å²) < 4.78 is 27.2. The van der Waals surface area contributed by atoms with Gasteiger partial charge in [0.15, 0.2) is 0 Å². The molecule has 1 aliphatic rings. The van der Waals surface area contributed by atoms with Gasteiger partial charge in [-0.2, -0.15) is 4.31 Å². The lowest BCUT2D eigenvalue weighted by molar-refractivity contribution is -0.126. The van der Waals surface area contributed by atoms with E-state index in [0.29, 0.717) is 19.4 Å². The summed E-state index contributed by atoms with van der Waals surface area (Å²) in [7, 11) is -3.57. The molecule has 2 aromatic rings. The first-order valence-electron chi connectivity index (χ1n) is 9.84. The molecule has 0 unspecified atom stereocenters. The Bertz CT molecular complexity index is 895. The molecule has 1 fully saturated rings. The summed E-state index contributed by atoms with van der Waals surface area (Å²) in [6.07, 6.45) is 2.18. The molecule has 1 N–H and O–H groups in total. The van der Waals surface area contributed by atoms with Gasteiger partial charge in [-0.05, 0) is 43.9 Å². The van der Waals surface area contributed by atoms with E-state index in [9.17, 15) is 13.2 Å². The predicted molar refractivity (Wildman–Crippen MR) is 110 cm³/mol. The van der Waals surface area contributed by atoms with E-state index in [4.69, 9.17) is 0 Å². The minimum absolute atomic E-state index is 0.0609. The van der Waals surface area contributed by atoms with Crippen LogP contribution >= 0.6 is 0 Å². The van der Waals surface area contributed by atoms with Crippen molar-refractivity contribution in [3.63, 3.8) is 0 Å². The monoisotopic (exact) mass is 400 g/mol. The number of hydrogen-bond acceptors (Lipinski definition) is 3. The van der Waals surface area contributed by atoms with Crippen LogP contribution in [0.4, 0.5) is 0 Å². The zero-order valence-electron chi connectivity index (χ0n) is 16.5. The van der Waals surface area contributed by atoms with Gasteiger partial charge in [-0.15, -0.1) is 0 Å². The molecule has 0 bridgehead atoms. The van der Waals surface area contributed by atoms with Crippen molar-refractivity contribution >= 4 is 15.9 Å². The lowest BCUT2D eigenvalue weighted by Crippen LogP contribution is -2.46. The summed E-state index contributed by atoms with van der Waals surface area (Å²) in [5.41, 5.74) is 2.25. The number of nitrogens with zero attached hydrogens (tertiary/aromatic N) is 1. The zero-order valence-corrected chi connectivity index (χ0v) is 17.3. The molecule has 0 aromatic heterocycles. The maximum Gasteiger partial charge on any atom is 0.243 e. The highest BCUT2D eigenvalue weighted by molar-refractivity contribution is 7.89. The van der Waals surface area contributed by atoms with Gasteiger partial charge in [0.05, 0.1) is 16.9 Å². The molecule has 1 heterocycles. The standard InChI is InChI=1S/C22H28N2O3S/c1-3-21(18-13-11-17(2)12-14-18)23-22(25)19-8-7-15-24(16-19)28(26,27)20-9-5-4-6-10-20/h4-6,9-14,19,21H,3,7-8,15-16H2,1-2H3,(H,23,25)/t19-,21-/m1/s1. The molecule has 0 saturated carbocycles. The van der Waals surface area contributed by atoms with Crippen LogP contribution in [0.3, 0.4) is 0 Å². The Labute approximate surface area is 167 Å². The molecule has 1 aliphatic heterocycles.